The van der Waals surface area contributed by atoms with Crippen LogP contribution in [0.1, 0.15) is 138 Å². The van der Waals surface area contributed by atoms with Crippen LogP contribution in [0.4, 0.5) is 21.6 Å². The van der Waals surface area contributed by atoms with Crippen molar-refractivity contribution in [3.05, 3.63) is 118 Å². The van der Waals surface area contributed by atoms with E-state index in [0.29, 0.717) is 31.8 Å². The van der Waals surface area contributed by atoms with Gasteiger partial charge in [0.25, 0.3) is 11.8 Å². The van der Waals surface area contributed by atoms with Crippen LogP contribution in [0.25, 0.3) is 0 Å². The summed E-state index contributed by atoms with van der Waals surface area (Å²) in [5.74, 6) is -1.13. The monoisotopic (exact) mass is 891 g/mol. The number of rotatable bonds is 13. The Morgan fingerprint density at radius 2 is 1.71 bits per heavy atom. The van der Waals surface area contributed by atoms with E-state index in [2.05, 4.69) is 81.2 Å². The highest BCUT2D eigenvalue weighted by Crippen LogP contribution is 2.42. The van der Waals surface area contributed by atoms with Crippen LogP contribution in [0.3, 0.4) is 0 Å². The number of hydrogen-bond acceptors (Lipinski definition) is 10. The van der Waals surface area contributed by atoms with Crippen LogP contribution in [0.2, 0.25) is 0 Å². The second kappa shape index (κ2) is 22.7. The highest BCUT2D eigenvalue weighted by molar-refractivity contribution is 6.23. The molecule has 348 valence electrons. The molecule has 12 nitrogen and oxygen atoms in total. The second-order valence-corrected chi connectivity index (χ2v) is 17.4. The van der Waals surface area contributed by atoms with Gasteiger partial charge in [0.05, 0.1) is 22.5 Å². The Balaban J connectivity index is 0.000000199. The number of carbonyl (C=O) groups excluding carboxylic acids is 5. The number of nitrogens with zero attached hydrogens (tertiary/aromatic N) is 3. The predicted molar refractivity (Wildman–Crippen MR) is 254 cm³/mol. The van der Waals surface area contributed by atoms with E-state index >= 15 is 0 Å². The number of ketones is 1. The molecule has 0 aliphatic carbocycles. The lowest BCUT2D eigenvalue weighted by Crippen LogP contribution is -2.54. The number of anilines is 3. The van der Waals surface area contributed by atoms with Crippen molar-refractivity contribution in [3.8, 4) is 0 Å². The molecule has 2 aromatic carbocycles. The molecule has 3 fully saturated rings. The number of halogens is 1. The van der Waals surface area contributed by atoms with Gasteiger partial charge in [0.1, 0.15) is 35.8 Å². The maximum Gasteiger partial charge on any atom is 0.262 e. The first-order valence-corrected chi connectivity index (χ1v) is 23.1. The molecule has 3 N–H and O–H groups in total. The number of pyridine rings is 1. The predicted octanol–water partition coefficient (Wildman–Crippen LogP) is 9.47. The number of hydrogen-bond donors (Lipinski definition) is 3. The van der Waals surface area contributed by atoms with Crippen molar-refractivity contribution in [2.45, 2.75) is 126 Å². The molecule has 0 spiro atoms. The topological polar surface area (TPSA) is 150 Å². The molecular formula is C52H67FN6O6. The van der Waals surface area contributed by atoms with Crippen molar-refractivity contribution >= 4 is 46.6 Å². The number of carbonyl (C=O) groups is 5. The Kier molecular flexibility index (Phi) is 17.4. The second-order valence-electron chi connectivity index (χ2n) is 17.4. The first-order chi connectivity index (χ1) is 31.1. The number of nitrogens with one attached hydrogen (secondary N) is 3. The first kappa shape index (κ1) is 49.9. The Bertz CT molecular complexity index is 2340. The summed E-state index contributed by atoms with van der Waals surface area (Å²) < 4.78 is 20.4. The highest BCUT2D eigenvalue weighted by atomic mass is 19.1. The smallest absolute Gasteiger partial charge is 0.262 e. The van der Waals surface area contributed by atoms with Gasteiger partial charge in [-0.25, -0.2) is 9.37 Å². The van der Waals surface area contributed by atoms with Crippen LogP contribution in [0.15, 0.2) is 83.9 Å². The number of amides is 4. The third-order valence-corrected chi connectivity index (χ3v) is 12.8. The number of aryl methyl sites for hydroxylation is 2. The molecule has 0 radical (unpaired) electrons. The minimum absolute atomic E-state index is 0.0274. The molecule has 1 aromatic heterocycles. The largest absolute Gasteiger partial charge is 0.490 e. The summed E-state index contributed by atoms with van der Waals surface area (Å²) in [5.41, 5.74) is 8.79. The molecule has 3 aromatic rings. The summed E-state index contributed by atoms with van der Waals surface area (Å²) in [6.45, 7) is 23.3. The molecule has 3 saturated heterocycles. The summed E-state index contributed by atoms with van der Waals surface area (Å²) in [5, 5.41) is 8.79. The van der Waals surface area contributed by atoms with Crippen LogP contribution in [0, 0.1) is 11.2 Å². The number of aromatic nitrogens is 1. The van der Waals surface area contributed by atoms with Crippen LogP contribution in [-0.2, 0) is 38.4 Å². The molecule has 2 unspecified atom stereocenters. The number of allylic oxidation sites excluding steroid dienone is 3. The first-order valence-electron chi connectivity index (χ1n) is 23.1. The zero-order valence-electron chi connectivity index (χ0n) is 39.5. The van der Waals surface area contributed by atoms with Crippen LogP contribution >= 0.6 is 0 Å². The molecular weight excluding hydrogens is 824 g/mol. The van der Waals surface area contributed by atoms with Gasteiger partial charge in [-0.3, -0.25) is 34.2 Å². The summed E-state index contributed by atoms with van der Waals surface area (Å²) in [7, 11) is 0. The van der Waals surface area contributed by atoms with E-state index in [4.69, 9.17) is 4.74 Å². The quantitative estimate of drug-likeness (QED) is 0.142. The minimum atomic E-state index is -1.05. The molecule has 4 aliphatic rings. The fraction of sp³-hybridized carbons (Fsp3) is 0.462. The highest BCUT2D eigenvalue weighted by Gasteiger charge is 2.46. The van der Waals surface area contributed by atoms with Crippen molar-refractivity contribution in [1.29, 1.82) is 0 Å². The van der Waals surface area contributed by atoms with E-state index < -0.39 is 35.5 Å². The molecule has 5 heterocycles. The Hall–Kier alpha value is -6.11. The van der Waals surface area contributed by atoms with E-state index in [1.165, 1.54) is 28.3 Å². The van der Waals surface area contributed by atoms with Crippen LogP contribution in [-0.4, -0.2) is 71.6 Å². The van der Waals surface area contributed by atoms with Crippen molar-refractivity contribution in [2.24, 2.45) is 5.41 Å². The van der Waals surface area contributed by atoms with Crippen LogP contribution in [0.5, 0.6) is 0 Å². The van der Waals surface area contributed by atoms with Gasteiger partial charge in [0.2, 0.25) is 11.8 Å². The summed E-state index contributed by atoms with van der Waals surface area (Å²) >= 11 is 0. The van der Waals surface area contributed by atoms with Crippen molar-refractivity contribution < 1.29 is 33.1 Å². The van der Waals surface area contributed by atoms with E-state index in [1.54, 1.807) is 6.92 Å². The van der Waals surface area contributed by atoms with E-state index in [1.807, 2.05) is 42.3 Å². The number of fused-ring (bicyclic) bond motifs is 1. The summed E-state index contributed by atoms with van der Waals surface area (Å²) in [6, 6.07) is 11.6. The van der Waals surface area contributed by atoms with Gasteiger partial charge < -0.3 is 20.3 Å². The molecule has 13 heteroatoms. The molecule has 4 amide bonds. The normalized spacial score (nSPS) is 20.2. The molecule has 65 heavy (non-hydrogen) atoms. The fourth-order valence-electron chi connectivity index (χ4n) is 8.90. The summed E-state index contributed by atoms with van der Waals surface area (Å²) in [6.07, 6.45) is 12.0. The zero-order valence-corrected chi connectivity index (χ0v) is 39.5. The average molecular weight is 891 g/mol. The number of imide groups is 2. The van der Waals surface area contributed by atoms with Gasteiger partial charge in [-0.1, -0.05) is 70.9 Å². The van der Waals surface area contributed by atoms with Gasteiger partial charge >= 0.3 is 0 Å². The third-order valence-electron chi connectivity index (χ3n) is 12.8. The Morgan fingerprint density at radius 3 is 2.31 bits per heavy atom. The lowest BCUT2D eigenvalue weighted by molar-refractivity contribution is -0.136. The number of piperidine rings is 1. The van der Waals surface area contributed by atoms with Gasteiger partial charge in [-0.05, 0) is 124 Å². The van der Waals surface area contributed by atoms with Crippen molar-refractivity contribution in [2.75, 3.05) is 36.5 Å². The lowest BCUT2D eigenvalue weighted by atomic mass is 9.80. The SMILES string of the molecule is C=C1OCCN/C1=C(C)/C(C)=C\C.CCCC1(CC)CCN(c2cc3c(cc2F)C(=O)N(C2CCC(=O)NC2=O)C3=O)C1.CCCc1cnc(Nc2ccc(CC(C)=O)cc2)cc1CC. The molecule has 2 atom stereocenters. The minimum Gasteiger partial charge on any atom is -0.490 e. The fourth-order valence-corrected chi connectivity index (χ4v) is 8.90. The molecule has 4 aliphatic heterocycles. The molecule has 0 saturated carbocycles. The van der Waals surface area contributed by atoms with Crippen molar-refractivity contribution in [3.63, 3.8) is 0 Å². The summed E-state index contributed by atoms with van der Waals surface area (Å²) in [4.78, 5) is 67.8. The van der Waals surface area contributed by atoms with Gasteiger partial charge in [-0.2, -0.15) is 0 Å². The van der Waals surface area contributed by atoms with E-state index in [0.717, 1.165) is 91.0 Å². The number of morpholine rings is 1. The van der Waals surface area contributed by atoms with Gasteiger partial charge in [-0.15, -0.1) is 0 Å². The average Bonchev–Trinajstić information content (AvgIpc) is 3.81. The maximum absolute atomic E-state index is 15.0. The molecule has 7 rings (SSSR count). The number of Topliss-reactive ketones (excluding diaryl/α,β-unsaturated/α-hetero) is 1. The van der Waals surface area contributed by atoms with Gasteiger partial charge in [0.15, 0.2) is 0 Å². The number of benzene rings is 2. The third kappa shape index (κ3) is 12.2. The van der Waals surface area contributed by atoms with E-state index in [9.17, 15) is 28.4 Å². The lowest BCUT2D eigenvalue weighted by Gasteiger charge is -2.28. The standard InChI is InChI=1S/C22H26FN3O4.C19H24N2O.C11H17NO/c1-3-7-22(4-2)8-9-25(12-22)17-11-14-13(10-15(17)23)20(29)26(21(14)30)16-5-6-18(27)24-19(16)28;1-4-6-17-13-20-19(12-16(17)5-2)21-18-9-7-15(8-10-18)11-14(3)22;1-5-8(2)9(3)11-10(4)13-7-6-12-11/h10-11,16H,3-9,12H2,1-2H3,(H,24,27,28);7-10,12-13H,4-6,11H2,1-3H3,(H,20,21);5,12H,4,6-7H2,1-3H3/b;;8-5-,11-9+. The Labute approximate surface area is 384 Å². The van der Waals surface area contributed by atoms with E-state index in [-0.39, 0.29) is 35.2 Å². The van der Waals surface area contributed by atoms with Crippen molar-refractivity contribution in [1.82, 2.24) is 20.5 Å². The van der Waals surface area contributed by atoms with Gasteiger partial charge in [0, 0.05) is 44.4 Å². The van der Waals surface area contributed by atoms with Crippen LogP contribution < -0.4 is 20.9 Å². The Morgan fingerprint density at radius 1 is 1.00 bits per heavy atom. The maximum atomic E-state index is 15.0. The number of ether oxygens (including phenoxy) is 1. The molecule has 0 bridgehead atoms. The zero-order chi connectivity index (χ0) is 47.4.